The van der Waals surface area contributed by atoms with Crippen LogP contribution in [0.5, 0.6) is 0 Å². The molecular weight excluding hydrogens is 248 g/mol. The molecule has 0 heterocycles. The lowest BCUT2D eigenvalue weighted by Gasteiger charge is -2.15. The van der Waals surface area contributed by atoms with Gasteiger partial charge in [0.2, 0.25) is 5.91 Å². The van der Waals surface area contributed by atoms with Crippen LogP contribution in [0.4, 0.5) is 0 Å². The van der Waals surface area contributed by atoms with Crippen molar-refractivity contribution in [3.8, 4) is 0 Å². The topological polar surface area (TPSA) is 55.1 Å². The molecule has 0 spiro atoms. The first-order chi connectivity index (χ1) is 9.74. The molecule has 0 saturated carbocycles. The Balaban J connectivity index is 3.34. The second-order valence-corrected chi connectivity index (χ2v) is 5.87. The third-order valence-corrected chi connectivity index (χ3v) is 3.79. The van der Waals surface area contributed by atoms with Gasteiger partial charge in [-0.3, -0.25) is 4.79 Å². The maximum absolute atomic E-state index is 11.7. The Morgan fingerprint density at radius 3 is 1.95 bits per heavy atom. The van der Waals surface area contributed by atoms with E-state index in [2.05, 4.69) is 19.2 Å². The van der Waals surface area contributed by atoms with E-state index in [1.807, 2.05) is 0 Å². The highest BCUT2D eigenvalue weighted by Crippen LogP contribution is 2.10. The van der Waals surface area contributed by atoms with E-state index in [1.54, 1.807) is 0 Å². The summed E-state index contributed by atoms with van der Waals surface area (Å²) in [6, 6.07) is 0.172. The minimum atomic E-state index is 0.172. The van der Waals surface area contributed by atoms with E-state index in [9.17, 15) is 4.79 Å². The van der Waals surface area contributed by atoms with Gasteiger partial charge >= 0.3 is 0 Å². The van der Waals surface area contributed by atoms with Gasteiger partial charge < -0.3 is 11.1 Å². The van der Waals surface area contributed by atoms with Crippen molar-refractivity contribution in [2.45, 2.75) is 96.9 Å². The SMILES string of the molecule is CCCCCCCCCCCC(=O)NC(CN)CCC. The van der Waals surface area contributed by atoms with Gasteiger partial charge in [-0.2, -0.15) is 0 Å². The largest absolute Gasteiger partial charge is 0.352 e. The predicted octanol–water partition coefficient (Wildman–Crippen LogP) is 4.15. The number of carbonyl (C=O) groups is 1. The number of hydrogen-bond donors (Lipinski definition) is 2. The van der Waals surface area contributed by atoms with Crippen LogP contribution in [0.15, 0.2) is 0 Å². The van der Waals surface area contributed by atoms with Gasteiger partial charge in [0.05, 0.1) is 0 Å². The van der Waals surface area contributed by atoms with Crippen molar-refractivity contribution < 1.29 is 4.79 Å². The number of rotatable bonds is 14. The van der Waals surface area contributed by atoms with Crippen LogP contribution in [0.3, 0.4) is 0 Å². The van der Waals surface area contributed by atoms with Gasteiger partial charge in [-0.15, -0.1) is 0 Å². The van der Waals surface area contributed by atoms with E-state index in [0.717, 1.165) is 19.3 Å². The number of carbonyl (C=O) groups excluding carboxylic acids is 1. The first-order valence-electron chi connectivity index (χ1n) is 8.74. The van der Waals surface area contributed by atoms with Crippen molar-refractivity contribution in [3.05, 3.63) is 0 Å². The van der Waals surface area contributed by atoms with Crippen molar-refractivity contribution in [2.75, 3.05) is 6.54 Å². The summed E-state index contributed by atoms with van der Waals surface area (Å²) >= 11 is 0. The minimum absolute atomic E-state index is 0.172. The maximum atomic E-state index is 11.7. The quantitative estimate of drug-likeness (QED) is 0.471. The average molecular weight is 284 g/mol. The van der Waals surface area contributed by atoms with Crippen molar-refractivity contribution >= 4 is 5.91 Å². The summed E-state index contributed by atoms with van der Waals surface area (Å²) < 4.78 is 0. The van der Waals surface area contributed by atoms with Crippen molar-refractivity contribution in [1.29, 1.82) is 0 Å². The van der Waals surface area contributed by atoms with E-state index in [4.69, 9.17) is 5.73 Å². The summed E-state index contributed by atoms with van der Waals surface area (Å²) in [7, 11) is 0. The van der Waals surface area contributed by atoms with Crippen LogP contribution in [0.25, 0.3) is 0 Å². The second kappa shape index (κ2) is 14.8. The highest BCUT2D eigenvalue weighted by atomic mass is 16.1. The zero-order valence-electron chi connectivity index (χ0n) is 13.8. The molecule has 0 aliphatic carbocycles. The van der Waals surface area contributed by atoms with Crippen LogP contribution in [0.2, 0.25) is 0 Å². The normalized spacial score (nSPS) is 12.3. The second-order valence-electron chi connectivity index (χ2n) is 5.87. The van der Waals surface area contributed by atoms with Gasteiger partial charge in [-0.25, -0.2) is 0 Å². The monoisotopic (exact) mass is 284 g/mol. The molecule has 0 aromatic carbocycles. The molecule has 1 unspecified atom stereocenters. The molecule has 0 aliphatic rings. The Kier molecular flexibility index (Phi) is 14.4. The van der Waals surface area contributed by atoms with E-state index in [-0.39, 0.29) is 11.9 Å². The van der Waals surface area contributed by atoms with E-state index < -0.39 is 0 Å². The summed E-state index contributed by atoms with van der Waals surface area (Å²) in [5.41, 5.74) is 5.64. The van der Waals surface area contributed by atoms with Crippen LogP contribution in [0, 0.1) is 0 Å². The van der Waals surface area contributed by atoms with Gasteiger partial charge in [0, 0.05) is 19.0 Å². The van der Waals surface area contributed by atoms with Crippen LogP contribution >= 0.6 is 0 Å². The Hall–Kier alpha value is -0.570. The minimum Gasteiger partial charge on any atom is -0.352 e. The lowest BCUT2D eigenvalue weighted by Crippen LogP contribution is -2.39. The van der Waals surface area contributed by atoms with Crippen molar-refractivity contribution in [1.82, 2.24) is 5.32 Å². The smallest absolute Gasteiger partial charge is 0.220 e. The molecule has 1 atom stereocenters. The molecule has 3 N–H and O–H groups in total. The Morgan fingerprint density at radius 2 is 1.45 bits per heavy atom. The Bertz CT molecular complexity index is 219. The lowest BCUT2D eigenvalue weighted by atomic mass is 10.1. The first-order valence-corrected chi connectivity index (χ1v) is 8.74. The van der Waals surface area contributed by atoms with Gasteiger partial charge in [-0.05, 0) is 12.8 Å². The molecule has 0 saturated heterocycles. The summed E-state index contributed by atoms with van der Waals surface area (Å²) in [6.07, 6.45) is 14.3. The lowest BCUT2D eigenvalue weighted by molar-refractivity contribution is -0.121. The molecule has 1 amide bonds. The van der Waals surface area contributed by atoms with E-state index >= 15 is 0 Å². The molecule has 0 aliphatic heterocycles. The third kappa shape index (κ3) is 12.5. The van der Waals surface area contributed by atoms with Crippen LogP contribution < -0.4 is 11.1 Å². The van der Waals surface area contributed by atoms with Crippen LogP contribution in [0.1, 0.15) is 90.9 Å². The molecule has 3 heteroatoms. The zero-order valence-corrected chi connectivity index (χ0v) is 13.8. The molecule has 0 bridgehead atoms. The summed E-state index contributed by atoms with van der Waals surface area (Å²) in [6.45, 7) is 4.92. The number of nitrogens with two attached hydrogens (primary N) is 1. The van der Waals surface area contributed by atoms with E-state index in [1.165, 1.54) is 51.4 Å². The number of amides is 1. The standard InChI is InChI=1S/C17H36N2O/c1-3-5-6-7-8-9-10-11-12-14-17(20)19-16(15-18)13-4-2/h16H,3-15,18H2,1-2H3,(H,19,20). The van der Waals surface area contributed by atoms with Gasteiger partial charge in [0.15, 0.2) is 0 Å². The first kappa shape index (κ1) is 19.4. The number of hydrogen-bond acceptors (Lipinski definition) is 2. The molecule has 3 nitrogen and oxygen atoms in total. The summed E-state index contributed by atoms with van der Waals surface area (Å²) in [4.78, 5) is 11.7. The van der Waals surface area contributed by atoms with Gasteiger partial charge in [-0.1, -0.05) is 71.6 Å². The van der Waals surface area contributed by atoms with Crippen LogP contribution in [-0.4, -0.2) is 18.5 Å². The highest BCUT2D eigenvalue weighted by Gasteiger charge is 2.08. The molecule has 120 valence electrons. The van der Waals surface area contributed by atoms with Gasteiger partial charge in [0.1, 0.15) is 0 Å². The van der Waals surface area contributed by atoms with Crippen molar-refractivity contribution in [2.24, 2.45) is 5.73 Å². The molecule has 0 fully saturated rings. The maximum Gasteiger partial charge on any atom is 0.220 e. The molecule has 0 aromatic heterocycles. The Labute approximate surface area is 126 Å². The van der Waals surface area contributed by atoms with E-state index in [0.29, 0.717) is 13.0 Å². The van der Waals surface area contributed by atoms with Crippen molar-refractivity contribution in [3.63, 3.8) is 0 Å². The summed E-state index contributed by atoms with van der Waals surface area (Å²) in [5.74, 6) is 0.178. The number of unbranched alkanes of at least 4 members (excludes halogenated alkanes) is 8. The zero-order chi connectivity index (χ0) is 15.1. The summed E-state index contributed by atoms with van der Waals surface area (Å²) in [5, 5.41) is 3.03. The Morgan fingerprint density at radius 1 is 0.900 bits per heavy atom. The molecule has 20 heavy (non-hydrogen) atoms. The van der Waals surface area contributed by atoms with Crippen LogP contribution in [-0.2, 0) is 4.79 Å². The fourth-order valence-corrected chi connectivity index (χ4v) is 2.49. The molecule has 0 radical (unpaired) electrons. The highest BCUT2D eigenvalue weighted by molar-refractivity contribution is 5.76. The molecular formula is C17H36N2O. The fourth-order valence-electron chi connectivity index (χ4n) is 2.49. The molecule has 0 rings (SSSR count). The predicted molar refractivity (Wildman–Crippen MR) is 87.7 cm³/mol. The fraction of sp³-hybridized carbons (Fsp3) is 0.941. The van der Waals surface area contributed by atoms with Gasteiger partial charge in [0.25, 0.3) is 0 Å². The average Bonchev–Trinajstić information content (AvgIpc) is 2.45. The number of nitrogens with one attached hydrogen (secondary N) is 1. The molecule has 0 aromatic rings. The third-order valence-electron chi connectivity index (χ3n) is 3.79.